The molecule has 0 bridgehead atoms. The van der Waals surface area contributed by atoms with Crippen molar-refractivity contribution in [3.63, 3.8) is 0 Å². The standard InChI is InChI=1S/C28H33FN4O3/c1-18-16-22(29)10-13-25(18)33-17-24(19(2)32-33)27(20-6-4-3-5-7-20)31-23-11-8-21(9-12-23)28(36)30-15-14-26(34)35/h8-13,16-17,20,27,31H,3-7,14-15H2,1-2H3,(H,30,36)(H,34,35). The quantitative estimate of drug-likeness (QED) is 0.363. The minimum Gasteiger partial charge on any atom is -0.481 e. The predicted octanol–water partition coefficient (Wildman–Crippen LogP) is 5.57. The largest absolute Gasteiger partial charge is 0.481 e. The number of hydrogen-bond donors (Lipinski definition) is 3. The molecular formula is C28H33FN4O3. The Morgan fingerprint density at radius 3 is 2.50 bits per heavy atom. The molecule has 2 aromatic carbocycles. The molecule has 8 heteroatoms. The van der Waals surface area contributed by atoms with E-state index in [0.717, 1.165) is 41.0 Å². The van der Waals surface area contributed by atoms with Crippen molar-refractivity contribution in [1.29, 1.82) is 0 Å². The van der Waals surface area contributed by atoms with Crippen molar-refractivity contribution in [2.75, 3.05) is 11.9 Å². The SMILES string of the molecule is Cc1cc(F)ccc1-n1cc(C(Nc2ccc(C(=O)NCCC(=O)O)cc2)C2CCCCC2)c(C)n1. The van der Waals surface area contributed by atoms with Crippen LogP contribution in [0.1, 0.15) is 71.7 Å². The van der Waals surface area contributed by atoms with Gasteiger partial charge in [-0.2, -0.15) is 5.10 Å². The number of carboxylic acid groups (broad SMARTS) is 1. The third kappa shape index (κ3) is 6.11. The lowest BCUT2D eigenvalue weighted by Crippen LogP contribution is -2.26. The minimum atomic E-state index is -0.947. The van der Waals surface area contributed by atoms with E-state index in [1.807, 2.05) is 36.9 Å². The molecule has 0 spiro atoms. The van der Waals surface area contributed by atoms with Crippen LogP contribution in [0.4, 0.5) is 10.1 Å². The van der Waals surface area contributed by atoms with E-state index < -0.39 is 5.97 Å². The Labute approximate surface area is 210 Å². The lowest BCUT2D eigenvalue weighted by molar-refractivity contribution is -0.136. The molecule has 1 heterocycles. The molecule has 0 aliphatic heterocycles. The van der Waals surface area contributed by atoms with Crippen LogP contribution in [0.15, 0.2) is 48.7 Å². The fourth-order valence-corrected chi connectivity index (χ4v) is 4.98. The second kappa shape index (κ2) is 11.4. The van der Waals surface area contributed by atoms with Crippen molar-refractivity contribution in [1.82, 2.24) is 15.1 Å². The molecule has 1 unspecified atom stereocenters. The van der Waals surface area contributed by atoms with Gasteiger partial charge in [0.05, 0.1) is 23.8 Å². The molecule has 1 aliphatic rings. The number of hydrogen-bond acceptors (Lipinski definition) is 4. The van der Waals surface area contributed by atoms with E-state index in [1.54, 1.807) is 18.2 Å². The Hall–Kier alpha value is -3.68. The van der Waals surface area contributed by atoms with Crippen LogP contribution in [0.2, 0.25) is 0 Å². The summed E-state index contributed by atoms with van der Waals surface area (Å²) in [6.45, 7) is 3.98. The van der Waals surface area contributed by atoms with Crippen molar-refractivity contribution in [3.8, 4) is 5.69 Å². The second-order valence-electron chi connectivity index (χ2n) is 9.54. The molecule has 3 N–H and O–H groups in total. The first-order valence-electron chi connectivity index (χ1n) is 12.5. The average molecular weight is 493 g/mol. The summed E-state index contributed by atoms with van der Waals surface area (Å²) in [6.07, 6.45) is 7.84. The zero-order valence-corrected chi connectivity index (χ0v) is 20.8. The van der Waals surface area contributed by atoms with Crippen molar-refractivity contribution in [2.45, 2.75) is 58.4 Å². The number of carbonyl (C=O) groups is 2. The summed E-state index contributed by atoms with van der Waals surface area (Å²) >= 11 is 0. The fourth-order valence-electron chi connectivity index (χ4n) is 4.98. The van der Waals surface area contributed by atoms with Crippen molar-refractivity contribution >= 4 is 17.6 Å². The molecule has 0 saturated heterocycles. The topological polar surface area (TPSA) is 96.2 Å². The van der Waals surface area contributed by atoms with Crippen LogP contribution in [0.5, 0.6) is 0 Å². The Balaban J connectivity index is 1.56. The van der Waals surface area contributed by atoms with Gasteiger partial charge in [-0.1, -0.05) is 19.3 Å². The Kier molecular flexibility index (Phi) is 8.03. The van der Waals surface area contributed by atoms with Crippen molar-refractivity contribution in [2.24, 2.45) is 5.92 Å². The van der Waals surface area contributed by atoms with E-state index >= 15 is 0 Å². The number of benzene rings is 2. The summed E-state index contributed by atoms with van der Waals surface area (Å²) in [5.74, 6) is -1.06. The molecule has 3 aromatic rings. The Morgan fingerprint density at radius 1 is 1.11 bits per heavy atom. The molecule has 1 fully saturated rings. The zero-order valence-electron chi connectivity index (χ0n) is 20.8. The maximum Gasteiger partial charge on any atom is 0.305 e. The van der Waals surface area contributed by atoms with Gasteiger partial charge in [-0.05, 0) is 80.6 Å². The molecule has 190 valence electrons. The number of nitrogens with zero attached hydrogens (tertiary/aromatic N) is 2. The Morgan fingerprint density at radius 2 is 1.83 bits per heavy atom. The molecule has 1 amide bonds. The van der Waals surface area contributed by atoms with Gasteiger partial charge < -0.3 is 15.7 Å². The number of carbonyl (C=O) groups excluding carboxylic acids is 1. The van der Waals surface area contributed by atoms with E-state index in [1.165, 1.54) is 31.4 Å². The first kappa shape index (κ1) is 25.4. The summed E-state index contributed by atoms with van der Waals surface area (Å²) < 4.78 is 15.5. The van der Waals surface area contributed by atoms with Crippen LogP contribution in [0.25, 0.3) is 5.69 Å². The maximum atomic E-state index is 13.6. The van der Waals surface area contributed by atoms with Gasteiger partial charge in [0.25, 0.3) is 5.91 Å². The van der Waals surface area contributed by atoms with E-state index in [-0.39, 0.29) is 30.7 Å². The normalized spacial score (nSPS) is 14.9. The summed E-state index contributed by atoms with van der Waals surface area (Å²) in [5.41, 5.74) is 5.10. The average Bonchev–Trinajstić information content (AvgIpc) is 3.24. The molecule has 1 aliphatic carbocycles. The highest BCUT2D eigenvalue weighted by molar-refractivity contribution is 5.94. The van der Waals surface area contributed by atoms with Crippen LogP contribution in [-0.4, -0.2) is 33.3 Å². The van der Waals surface area contributed by atoms with E-state index in [0.29, 0.717) is 11.5 Å². The van der Waals surface area contributed by atoms with Gasteiger partial charge in [0.15, 0.2) is 0 Å². The van der Waals surface area contributed by atoms with Crippen LogP contribution in [0, 0.1) is 25.6 Å². The van der Waals surface area contributed by atoms with Crippen molar-refractivity contribution in [3.05, 3.63) is 76.9 Å². The fraction of sp³-hybridized carbons (Fsp3) is 0.393. The molecule has 1 saturated carbocycles. The zero-order chi connectivity index (χ0) is 25.7. The number of carboxylic acids is 1. The van der Waals surface area contributed by atoms with Gasteiger partial charge in [-0.15, -0.1) is 0 Å². The first-order chi connectivity index (χ1) is 17.3. The number of amides is 1. The lowest BCUT2D eigenvalue weighted by atomic mass is 9.81. The van der Waals surface area contributed by atoms with Crippen LogP contribution < -0.4 is 10.6 Å². The van der Waals surface area contributed by atoms with Gasteiger partial charge in [0.1, 0.15) is 5.82 Å². The van der Waals surface area contributed by atoms with Crippen LogP contribution >= 0.6 is 0 Å². The first-order valence-corrected chi connectivity index (χ1v) is 12.5. The molecule has 1 atom stereocenters. The van der Waals surface area contributed by atoms with Gasteiger partial charge >= 0.3 is 5.97 Å². The summed E-state index contributed by atoms with van der Waals surface area (Å²) in [5, 5.41) is 19.8. The van der Waals surface area contributed by atoms with Gasteiger partial charge in [0, 0.05) is 29.6 Å². The number of aliphatic carboxylic acids is 1. The number of aryl methyl sites for hydroxylation is 2. The summed E-state index contributed by atoms with van der Waals surface area (Å²) in [6, 6.07) is 12.0. The van der Waals surface area contributed by atoms with Gasteiger partial charge in [-0.3, -0.25) is 9.59 Å². The number of aromatic nitrogens is 2. The third-order valence-corrected chi connectivity index (χ3v) is 6.89. The van der Waals surface area contributed by atoms with E-state index in [2.05, 4.69) is 10.6 Å². The van der Waals surface area contributed by atoms with E-state index in [4.69, 9.17) is 10.2 Å². The molecule has 36 heavy (non-hydrogen) atoms. The number of halogens is 1. The van der Waals surface area contributed by atoms with Gasteiger partial charge in [0.2, 0.25) is 0 Å². The van der Waals surface area contributed by atoms with Crippen LogP contribution in [0.3, 0.4) is 0 Å². The monoisotopic (exact) mass is 492 g/mol. The molecule has 7 nitrogen and oxygen atoms in total. The molecule has 0 radical (unpaired) electrons. The number of nitrogens with one attached hydrogen (secondary N) is 2. The minimum absolute atomic E-state index is 0.0510. The smallest absolute Gasteiger partial charge is 0.305 e. The predicted molar refractivity (Wildman–Crippen MR) is 137 cm³/mol. The lowest BCUT2D eigenvalue weighted by Gasteiger charge is -2.31. The number of anilines is 1. The van der Waals surface area contributed by atoms with Crippen LogP contribution in [-0.2, 0) is 4.79 Å². The Bertz CT molecular complexity index is 1220. The number of rotatable bonds is 9. The highest BCUT2D eigenvalue weighted by atomic mass is 19.1. The second-order valence-corrected chi connectivity index (χ2v) is 9.54. The highest BCUT2D eigenvalue weighted by Crippen LogP contribution is 2.38. The third-order valence-electron chi connectivity index (χ3n) is 6.89. The molecule has 1 aromatic heterocycles. The summed E-state index contributed by atoms with van der Waals surface area (Å²) in [4.78, 5) is 23.0. The van der Waals surface area contributed by atoms with E-state index in [9.17, 15) is 14.0 Å². The summed E-state index contributed by atoms with van der Waals surface area (Å²) in [7, 11) is 0. The van der Waals surface area contributed by atoms with Crippen molar-refractivity contribution < 1.29 is 19.1 Å². The molecular weight excluding hydrogens is 459 g/mol. The maximum absolute atomic E-state index is 13.6. The molecule has 4 rings (SSSR count). The van der Waals surface area contributed by atoms with Gasteiger partial charge in [-0.25, -0.2) is 9.07 Å². The highest BCUT2D eigenvalue weighted by Gasteiger charge is 2.28.